The number of hydrogen-bond donors (Lipinski definition) is 2. The molecule has 5 nitrogen and oxygen atoms in total. The summed E-state index contributed by atoms with van der Waals surface area (Å²) in [6.07, 6.45) is 3.52. The maximum Gasteiger partial charge on any atom is 0.159 e. The molecule has 0 aromatic carbocycles. The highest BCUT2D eigenvalue weighted by Crippen LogP contribution is 2.48. The van der Waals surface area contributed by atoms with Gasteiger partial charge in [0.2, 0.25) is 0 Å². The van der Waals surface area contributed by atoms with E-state index in [1.807, 2.05) is 13.8 Å². The molecule has 6 heteroatoms. The predicted octanol–water partition coefficient (Wildman–Crippen LogP) is 1.96. The number of aromatic nitrogens is 2. The number of nitrogens with zero attached hydrogens (tertiary/aromatic N) is 2. The normalized spacial score (nSPS) is 15.9. The van der Waals surface area contributed by atoms with E-state index in [4.69, 9.17) is 22.7 Å². The van der Waals surface area contributed by atoms with Crippen molar-refractivity contribution in [1.82, 2.24) is 10.2 Å². The number of nitrogens with two attached hydrogens (primary N) is 1. The Morgan fingerprint density at radius 1 is 1.40 bits per heavy atom. The van der Waals surface area contributed by atoms with Crippen molar-refractivity contribution in [2.24, 2.45) is 11.1 Å². The van der Waals surface area contributed by atoms with Gasteiger partial charge < -0.3 is 15.8 Å². The van der Waals surface area contributed by atoms with Crippen molar-refractivity contribution in [1.29, 1.82) is 0 Å². The van der Waals surface area contributed by atoms with Crippen LogP contribution in [0.2, 0.25) is 0 Å². The zero-order valence-electron chi connectivity index (χ0n) is 12.3. The number of methoxy groups -OCH3 is 1. The monoisotopic (exact) mass is 294 g/mol. The molecule has 110 valence electrons. The molecule has 1 fully saturated rings. The van der Waals surface area contributed by atoms with Gasteiger partial charge in [-0.3, -0.25) is 0 Å². The van der Waals surface area contributed by atoms with Gasteiger partial charge in [0.1, 0.15) is 4.99 Å². The molecule has 0 bridgehead atoms. The summed E-state index contributed by atoms with van der Waals surface area (Å²) in [6, 6.07) is 0. The Morgan fingerprint density at radius 2 is 2.10 bits per heavy atom. The Bertz CT molecular complexity index is 514. The predicted molar refractivity (Wildman–Crippen MR) is 84.0 cm³/mol. The van der Waals surface area contributed by atoms with E-state index in [1.54, 1.807) is 7.11 Å². The van der Waals surface area contributed by atoms with Gasteiger partial charge in [-0.2, -0.15) is 5.10 Å². The van der Waals surface area contributed by atoms with E-state index in [0.717, 1.165) is 36.4 Å². The summed E-state index contributed by atoms with van der Waals surface area (Å²) in [5.41, 5.74) is 8.83. The van der Waals surface area contributed by atoms with Gasteiger partial charge in [0.05, 0.1) is 11.3 Å². The highest BCUT2D eigenvalue weighted by atomic mass is 32.1. The number of ether oxygens (including phenoxy) is 1. The summed E-state index contributed by atoms with van der Waals surface area (Å²) in [5, 5.41) is 11.7. The van der Waals surface area contributed by atoms with Crippen LogP contribution in [0, 0.1) is 19.3 Å². The van der Waals surface area contributed by atoms with E-state index in [-0.39, 0.29) is 0 Å². The standard InChI is InChI=1S/C14H22N4OS/c1-9-10(2)17-18-13(11(9)12(15)20)16-8-14(4-5-14)6-7-19-3/h4-8H2,1-3H3,(H2,15,20)(H,16,18). The van der Waals surface area contributed by atoms with Crippen molar-refractivity contribution < 1.29 is 4.74 Å². The smallest absolute Gasteiger partial charge is 0.159 e. The molecule has 0 atom stereocenters. The molecular formula is C14H22N4OS. The van der Waals surface area contributed by atoms with Crippen LogP contribution in [0.4, 0.5) is 5.82 Å². The summed E-state index contributed by atoms with van der Waals surface area (Å²) in [6.45, 7) is 5.54. The number of thiocarbonyl (C=S) groups is 1. The van der Waals surface area contributed by atoms with Crippen molar-refractivity contribution in [3.05, 3.63) is 16.8 Å². The summed E-state index contributed by atoms with van der Waals surface area (Å²) < 4.78 is 5.17. The third kappa shape index (κ3) is 3.24. The van der Waals surface area contributed by atoms with E-state index in [0.29, 0.717) is 16.2 Å². The fourth-order valence-electron chi connectivity index (χ4n) is 2.32. The Hall–Kier alpha value is -1.27. The maximum atomic E-state index is 5.82. The zero-order valence-corrected chi connectivity index (χ0v) is 13.1. The molecule has 1 saturated carbocycles. The Labute approximate surface area is 125 Å². The quantitative estimate of drug-likeness (QED) is 0.749. The lowest BCUT2D eigenvalue weighted by atomic mass is 10.0. The lowest BCUT2D eigenvalue weighted by molar-refractivity contribution is 0.175. The first-order chi connectivity index (χ1) is 9.49. The molecule has 1 heterocycles. The third-order valence-corrected chi connectivity index (χ3v) is 4.33. The molecule has 3 N–H and O–H groups in total. The van der Waals surface area contributed by atoms with Gasteiger partial charge in [-0.1, -0.05) is 12.2 Å². The number of anilines is 1. The molecule has 2 rings (SSSR count). The number of rotatable bonds is 7. The van der Waals surface area contributed by atoms with Crippen LogP contribution >= 0.6 is 12.2 Å². The van der Waals surface area contributed by atoms with Crippen molar-refractivity contribution in [3.63, 3.8) is 0 Å². The van der Waals surface area contributed by atoms with Crippen LogP contribution in [0.3, 0.4) is 0 Å². The first-order valence-corrected chi connectivity index (χ1v) is 7.26. The molecule has 1 aliphatic carbocycles. The van der Waals surface area contributed by atoms with Crippen LogP contribution in [-0.4, -0.2) is 35.4 Å². The minimum Gasteiger partial charge on any atom is -0.389 e. The Balaban J connectivity index is 2.10. The zero-order chi connectivity index (χ0) is 14.8. The molecule has 1 aliphatic rings. The van der Waals surface area contributed by atoms with Gasteiger partial charge in [0.25, 0.3) is 0 Å². The molecule has 0 unspecified atom stereocenters. The van der Waals surface area contributed by atoms with E-state index >= 15 is 0 Å². The van der Waals surface area contributed by atoms with Crippen molar-refractivity contribution in [3.8, 4) is 0 Å². The summed E-state index contributed by atoms with van der Waals surface area (Å²) in [5.74, 6) is 0.698. The van der Waals surface area contributed by atoms with Gasteiger partial charge in [-0.15, -0.1) is 5.10 Å². The molecule has 20 heavy (non-hydrogen) atoms. The van der Waals surface area contributed by atoms with Crippen LogP contribution in [-0.2, 0) is 4.74 Å². The van der Waals surface area contributed by atoms with Crippen LogP contribution in [0.25, 0.3) is 0 Å². The molecule has 0 saturated heterocycles. The summed E-state index contributed by atoms with van der Waals surface area (Å²) in [7, 11) is 1.74. The first kappa shape index (κ1) is 15.1. The summed E-state index contributed by atoms with van der Waals surface area (Å²) in [4.78, 5) is 0.365. The Morgan fingerprint density at radius 3 is 2.65 bits per heavy atom. The van der Waals surface area contributed by atoms with Crippen molar-refractivity contribution in [2.75, 3.05) is 25.6 Å². The van der Waals surface area contributed by atoms with Crippen LogP contribution in [0.15, 0.2) is 0 Å². The van der Waals surface area contributed by atoms with E-state index in [2.05, 4.69) is 15.5 Å². The molecule has 0 amide bonds. The average Bonchev–Trinajstić information content (AvgIpc) is 3.18. The second-order valence-electron chi connectivity index (χ2n) is 5.59. The van der Waals surface area contributed by atoms with Crippen LogP contribution in [0.1, 0.15) is 36.1 Å². The third-order valence-electron chi connectivity index (χ3n) is 4.13. The average molecular weight is 294 g/mol. The van der Waals surface area contributed by atoms with Crippen LogP contribution < -0.4 is 11.1 Å². The topological polar surface area (TPSA) is 73.1 Å². The Kier molecular flexibility index (Phi) is 4.55. The SMILES string of the molecule is COCCC1(CNc2nnc(C)c(C)c2C(N)=S)CC1. The van der Waals surface area contributed by atoms with E-state index in [9.17, 15) is 0 Å². The number of hydrogen-bond acceptors (Lipinski definition) is 5. The lowest BCUT2D eigenvalue weighted by Crippen LogP contribution is -2.22. The number of aryl methyl sites for hydroxylation is 1. The lowest BCUT2D eigenvalue weighted by Gasteiger charge is -2.18. The number of nitrogens with one attached hydrogen (secondary N) is 1. The fraction of sp³-hybridized carbons (Fsp3) is 0.643. The second kappa shape index (κ2) is 6.01. The summed E-state index contributed by atoms with van der Waals surface area (Å²) >= 11 is 5.14. The fourth-order valence-corrected chi connectivity index (χ4v) is 2.57. The molecule has 0 radical (unpaired) electrons. The molecule has 0 spiro atoms. The van der Waals surface area contributed by atoms with E-state index in [1.165, 1.54) is 12.8 Å². The highest BCUT2D eigenvalue weighted by Gasteiger charge is 2.42. The van der Waals surface area contributed by atoms with Gasteiger partial charge in [-0.05, 0) is 44.1 Å². The van der Waals surface area contributed by atoms with Gasteiger partial charge in [0, 0.05) is 20.3 Å². The second-order valence-corrected chi connectivity index (χ2v) is 6.03. The van der Waals surface area contributed by atoms with E-state index < -0.39 is 0 Å². The first-order valence-electron chi connectivity index (χ1n) is 6.85. The molecular weight excluding hydrogens is 272 g/mol. The van der Waals surface area contributed by atoms with Gasteiger partial charge in [0.15, 0.2) is 5.82 Å². The largest absolute Gasteiger partial charge is 0.389 e. The molecule has 0 aliphatic heterocycles. The molecule has 1 aromatic heterocycles. The van der Waals surface area contributed by atoms with Gasteiger partial charge >= 0.3 is 0 Å². The van der Waals surface area contributed by atoms with Gasteiger partial charge in [-0.25, -0.2) is 0 Å². The molecule has 1 aromatic rings. The van der Waals surface area contributed by atoms with Crippen molar-refractivity contribution >= 4 is 23.0 Å². The highest BCUT2D eigenvalue weighted by molar-refractivity contribution is 7.80. The minimum atomic E-state index is 0.337. The van der Waals surface area contributed by atoms with Crippen molar-refractivity contribution in [2.45, 2.75) is 33.1 Å². The van der Waals surface area contributed by atoms with Crippen LogP contribution in [0.5, 0.6) is 0 Å². The minimum absolute atomic E-state index is 0.337. The maximum absolute atomic E-state index is 5.82.